The van der Waals surface area contributed by atoms with Gasteiger partial charge in [-0.05, 0) is 79.0 Å². The number of rotatable bonds is 12. The Balaban J connectivity index is 1.57. The lowest BCUT2D eigenvalue weighted by molar-refractivity contribution is -0.119. The van der Waals surface area contributed by atoms with E-state index in [-0.39, 0.29) is 29.5 Å². The molecule has 0 aromatic heterocycles. The van der Waals surface area contributed by atoms with Gasteiger partial charge < -0.3 is 19.7 Å². The first-order valence-corrected chi connectivity index (χ1v) is 17.3. The number of hydrogen-bond donors (Lipinski definition) is 2. The van der Waals surface area contributed by atoms with Crippen LogP contribution in [0.25, 0.3) is 11.1 Å². The fraction of sp³-hybridized carbons (Fsp3) is 0.364. The van der Waals surface area contributed by atoms with Crippen LogP contribution in [-0.2, 0) is 30.8 Å². The van der Waals surface area contributed by atoms with Crippen LogP contribution in [0.5, 0.6) is 0 Å². The predicted octanol–water partition coefficient (Wildman–Crippen LogP) is 6.84. The summed E-state index contributed by atoms with van der Waals surface area (Å²) >= 11 is 3.58. The van der Waals surface area contributed by atoms with E-state index in [0.29, 0.717) is 29.9 Å². The van der Waals surface area contributed by atoms with Crippen molar-refractivity contribution in [3.05, 3.63) is 76.5 Å². The standard InChI is InChI=1S/C33H39BrFN5O6S/c1-6-7-12-30-37-40(28-18-24(15-16-26(28)34)36-31(41)20-45-5)21-39(30)19-23-14-13-22(17-27(23)35)25-10-8-9-11-29(25)47(43,44)38-32(42)46-33(2,3)4/h8-11,13-18H,6-7,12,19-21H2,1-5H3,(H,36,41)(H,38,42). The summed E-state index contributed by atoms with van der Waals surface area (Å²) < 4.78 is 54.7. The second-order valence-corrected chi connectivity index (χ2v) is 14.4. The van der Waals surface area contributed by atoms with Crippen LogP contribution in [-0.4, -0.2) is 57.1 Å². The van der Waals surface area contributed by atoms with Crippen LogP contribution in [0.1, 0.15) is 52.5 Å². The van der Waals surface area contributed by atoms with Crippen LogP contribution in [0.3, 0.4) is 0 Å². The molecule has 47 heavy (non-hydrogen) atoms. The molecule has 252 valence electrons. The molecule has 3 aromatic rings. The minimum atomic E-state index is -4.33. The number of methoxy groups -OCH3 is 1. The van der Waals surface area contributed by atoms with Crippen molar-refractivity contribution in [3.8, 4) is 11.1 Å². The number of unbranched alkanes of at least 4 members (excludes halogenated alkanes) is 1. The summed E-state index contributed by atoms with van der Waals surface area (Å²) in [5, 5.41) is 9.44. The van der Waals surface area contributed by atoms with Gasteiger partial charge in [-0.1, -0.05) is 43.7 Å². The van der Waals surface area contributed by atoms with Crippen LogP contribution in [0.15, 0.2) is 75.1 Å². The van der Waals surface area contributed by atoms with E-state index < -0.39 is 27.5 Å². The maximum atomic E-state index is 15.7. The number of hydrogen-bond acceptors (Lipinski definition) is 9. The van der Waals surface area contributed by atoms with E-state index >= 15 is 4.39 Å². The Hall–Kier alpha value is -4.01. The van der Waals surface area contributed by atoms with E-state index in [1.807, 2.05) is 15.7 Å². The summed E-state index contributed by atoms with van der Waals surface area (Å²) in [6.45, 7) is 7.44. The minimum Gasteiger partial charge on any atom is -0.443 e. The fourth-order valence-electron chi connectivity index (χ4n) is 4.86. The zero-order valence-electron chi connectivity index (χ0n) is 27.0. The number of anilines is 2. The Labute approximate surface area is 283 Å². The molecule has 0 saturated heterocycles. The lowest BCUT2D eigenvalue weighted by Gasteiger charge is -2.23. The summed E-state index contributed by atoms with van der Waals surface area (Å²) in [5.41, 5.74) is 1.37. The van der Waals surface area contributed by atoms with Crippen LogP contribution in [0.2, 0.25) is 0 Å². The third-order valence-electron chi connectivity index (χ3n) is 6.96. The Morgan fingerprint density at radius 1 is 1.09 bits per heavy atom. The van der Waals surface area contributed by atoms with E-state index in [1.54, 1.807) is 62.2 Å². The number of carbonyl (C=O) groups excluding carboxylic acids is 2. The summed E-state index contributed by atoms with van der Waals surface area (Å²) in [4.78, 5) is 26.1. The first-order valence-electron chi connectivity index (χ1n) is 15.0. The number of nitrogens with one attached hydrogen (secondary N) is 2. The SMILES string of the molecule is CCCCC1=NN(c2cc(NC(=O)COC)ccc2Br)CN1Cc1ccc(-c2ccccc2S(=O)(=O)NC(=O)OC(C)(C)C)cc1F. The van der Waals surface area contributed by atoms with E-state index in [4.69, 9.17) is 14.6 Å². The van der Waals surface area contributed by atoms with Gasteiger partial charge in [0.2, 0.25) is 5.91 Å². The molecule has 0 spiro atoms. The Morgan fingerprint density at radius 2 is 1.83 bits per heavy atom. The molecule has 14 heteroatoms. The lowest BCUT2D eigenvalue weighted by Crippen LogP contribution is -2.36. The molecule has 11 nitrogen and oxygen atoms in total. The highest BCUT2D eigenvalue weighted by molar-refractivity contribution is 9.10. The van der Waals surface area contributed by atoms with Crippen molar-refractivity contribution >= 4 is 55.2 Å². The number of amides is 2. The van der Waals surface area contributed by atoms with Crippen LogP contribution >= 0.6 is 15.9 Å². The third-order valence-corrected chi connectivity index (χ3v) is 9.00. The molecule has 1 aliphatic heterocycles. The molecule has 4 rings (SSSR count). The van der Waals surface area contributed by atoms with Crippen molar-refractivity contribution in [2.75, 3.05) is 30.7 Å². The van der Waals surface area contributed by atoms with Gasteiger partial charge in [0, 0.05) is 41.4 Å². The first-order chi connectivity index (χ1) is 22.2. The first kappa shape index (κ1) is 35.8. The second kappa shape index (κ2) is 15.3. The highest BCUT2D eigenvalue weighted by atomic mass is 79.9. The van der Waals surface area contributed by atoms with E-state index in [1.165, 1.54) is 25.3 Å². The number of sulfonamides is 1. The maximum Gasteiger partial charge on any atom is 0.421 e. The van der Waals surface area contributed by atoms with Gasteiger partial charge in [-0.15, -0.1) is 0 Å². The molecular formula is C33H39BrFN5O6S. The number of carbonyl (C=O) groups is 2. The molecule has 0 radical (unpaired) electrons. The van der Waals surface area contributed by atoms with E-state index in [2.05, 4.69) is 28.2 Å². The van der Waals surface area contributed by atoms with Crippen LogP contribution in [0.4, 0.5) is 20.6 Å². The Kier molecular flexibility index (Phi) is 11.6. The van der Waals surface area contributed by atoms with Gasteiger partial charge in [-0.2, -0.15) is 5.10 Å². The average Bonchev–Trinajstić information content (AvgIpc) is 3.39. The molecule has 1 heterocycles. The normalized spacial score (nSPS) is 13.4. The monoisotopic (exact) mass is 731 g/mol. The molecule has 2 N–H and O–H groups in total. The summed E-state index contributed by atoms with van der Waals surface area (Å²) in [7, 11) is -2.88. The number of benzene rings is 3. The fourth-order valence-corrected chi connectivity index (χ4v) is 6.42. The molecule has 1 aliphatic rings. The van der Waals surface area contributed by atoms with Gasteiger partial charge in [0.05, 0.1) is 10.6 Å². The number of amidine groups is 1. The van der Waals surface area contributed by atoms with Gasteiger partial charge in [-0.25, -0.2) is 27.3 Å². The van der Waals surface area contributed by atoms with Crippen LogP contribution < -0.4 is 15.0 Å². The number of hydrazone groups is 1. The molecule has 0 atom stereocenters. The van der Waals surface area contributed by atoms with Gasteiger partial charge >= 0.3 is 6.09 Å². The summed E-state index contributed by atoms with van der Waals surface area (Å²) in [6, 6.07) is 16.0. The molecule has 0 aliphatic carbocycles. The van der Waals surface area contributed by atoms with E-state index in [9.17, 15) is 18.0 Å². The zero-order chi connectivity index (χ0) is 34.4. The topological polar surface area (TPSA) is 130 Å². The Bertz CT molecular complexity index is 1760. The minimum absolute atomic E-state index is 0.0725. The van der Waals surface area contributed by atoms with Gasteiger partial charge in [0.1, 0.15) is 30.5 Å². The van der Waals surface area contributed by atoms with Crippen molar-refractivity contribution < 1.29 is 31.9 Å². The van der Waals surface area contributed by atoms with Crippen LogP contribution in [0, 0.1) is 5.82 Å². The number of halogens is 2. The quantitative estimate of drug-likeness (QED) is 0.207. The largest absolute Gasteiger partial charge is 0.443 e. The van der Waals surface area contributed by atoms with Crippen molar-refractivity contribution in [2.45, 2.75) is 64.0 Å². The lowest BCUT2D eigenvalue weighted by atomic mass is 10.0. The van der Waals surface area contributed by atoms with Crippen molar-refractivity contribution in [1.82, 2.24) is 9.62 Å². The van der Waals surface area contributed by atoms with Gasteiger partial charge in [0.25, 0.3) is 10.0 Å². The number of ether oxygens (including phenoxy) is 2. The van der Waals surface area contributed by atoms with Crippen molar-refractivity contribution in [3.63, 3.8) is 0 Å². The zero-order valence-corrected chi connectivity index (χ0v) is 29.4. The molecule has 2 amide bonds. The smallest absolute Gasteiger partial charge is 0.421 e. The maximum absolute atomic E-state index is 15.7. The summed E-state index contributed by atoms with van der Waals surface area (Å²) in [5.74, 6) is -0.0118. The second-order valence-electron chi connectivity index (χ2n) is 11.9. The molecule has 0 bridgehead atoms. The predicted molar refractivity (Wildman–Crippen MR) is 183 cm³/mol. The van der Waals surface area contributed by atoms with Gasteiger partial charge in [-0.3, -0.25) is 4.79 Å². The molecule has 3 aromatic carbocycles. The molecule has 0 fully saturated rings. The van der Waals surface area contributed by atoms with Crippen molar-refractivity contribution in [2.24, 2.45) is 5.10 Å². The third kappa shape index (κ3) is 9.52. The highest BCUT2D eigenvalue weighted by Gasteiger charge is 2.28. The van der Waals surface area contributed by atoms with Gasteiger partial charge in [0.15, 0.2) is 0 Å². The summed E-state index contributed by atoms with van der Waals surface area (Å²) in [6.07, 6.45) is 1.42. The molecular weight excluding hydrogens is 693 g/mol. The highest BCUT2D eigenvalue weighted by Crippen LogP contribution is 2.34. The Morgan fingerprint density at radius 3 is 2.51 bits per heavy atom. The molecule has 0 unspecified atom stereocenters. The average molecular weight is 733 g/mol. The number of nitrogens with zero attached hydrogens (tertiary/aromatic N) is 3. The van der Waals surface area contributed by atoms with E-state index in [0.717, 1.165) is 28.8 Å². The molecule has 0 saturated carbocycles. The van der Waals surface area contributed by atoms with Crippen molar-refractivity contribution in [1.29, 1.82) is 0 Å².